The van der Waals surface area contributed by atoms with E-state index in [4.69, 9.17) is 0 Å². The molecule has 0 unspecified atom stereocenters. The van der Waals surface area contributed by atoms with Gasteiger partial charge in [0.05, 0.1) is 18.4 Å². The molecule has 134 valence electrons. The number of aromatic nitrogens is 1. The number of fused-ring (bicyclic) bond motifs is 1. The number of rotatable bonds is 5. The van der Waals surface area contributed by atoms with E-state index in [9.17, 15) is 18.4 Å². The van der Waals surface area contributed by atoms with E-state index in [0.717, 1.165) is 29.6 Å². The van der Waals surface area contributed by atoms with Gasteiger partial charge in [0.1, 0.15) is 11.6 Å². The fourth-order valence-electron chi connectivity index (χ4n) is 2.71. The van der Waals surface area contributed by atoms with Gasteiger partial charge < -0.3 is 15.0 Å². The molecule has 0 aliphatic carbocycles. The number of methoxy groups -OCH3 is 1. The molecular formula is C19H16F2N2O3. The van der Waals surface area contributed by atoms with Crippen molar-refractivity contribution in [1.29, 1.82) is 0 Å². The van der Waals surface area contributed by atoms with Crippen LogP contribution in [0.1, 0.15) is 22.3 Å². The largest absolute Gasteiger partial charge is 0.465 e. The predicted octanol–water partition coefficient (Wildman–Crippen LogP) is 3.80. The second-order valence-electron chi connectivity index (χ2n) is 5.71. The lowest BCUT2D eigenvalue weighted by Crippen LogP contribution is -2.15. The van der Waals surface area contributed by atoms with Crippen LogP contribution < -0.4 is 5.32 Å². The van der Waals surface area contributed by atoms with Crippen molar-refractivity contribution in [3.8, 4) is 0 Å². The number of carbonyl (C=O) groups is 2. The van der Waals surface area contributed by atoms with E-state index < -0.39 is 29.1 Å². The Morgan fingerprint density at radius 3 is 2.69 bits per heavy atom. The molecule has 0 spiro atoms. The van der Waals surface area contributed by atoms with Gasteiger partial charge in [0.25, 0.3) is 0 Å². The summed E-state index contributed by atoms with van der Waals surface area (Å²) < 4.78 is 31.9. The summed E-state index contributed by atoms with van der Waals surface area (Å²) >= 11 is 0. The SMILES string of the molecule is COC(=O)c1cc(NC(=O)CCc2c[nH]c3ccccc23)c(F)cc1F. The monoisotopic (exact) mass is 358 g/mol. The summed E-state index contributed by atoms with van der Waals surface area (Å²) in [6.07, 6.45) is 2.38. The van der Waals surface area contributed by atoms with Crippen LogP contribution in [0.3, 0.4) is 0 Å². The quantitative estimate of drug-likeness (QED) is 0.682. The van der Waals surface area contributed by atoms with E-state index in [1.807, 2.05) is 30.5 Å². The molecule has 3 rings (SSSR count). The maximum atomic E-state index is 13.9. The lowest BCUT2D eigenvalue weighted by molar-refractivity contribution is -0.116. The van der Waals surface area contributed by atoms with E-state index >= 15 is 0 Å². The highest BCUT2D eigenvalue weighted by Gasteiger charge is 2.18. The third kappa shape index (κ3) is 3.56. The first-order chi connectivity index (χ1) is 12.5. The van der Waals surface area contributed by atoms with Crippen LogP contribution in [0.25, 0.3) is 10.9 Å². The van der Waals surface area contributed by atoms with Crippen molar-refractivity contribution >= 4 is 28.5 Å². The number of para-hydroxylation sites is 1. The molecule has 0 aliphatic heterocycles. The van der Waals surface area contributed by atoms with E-state index in [-0.39, 0.29) is 12.1 Å². The standard InChI is InChI=1S/C19H16F2N2O3/c1-26-19(25)13-8-17(15(21)9-14(13)20)23-18(24)7-6-11-10-22-16-5-3-2-4-12(11)16/h2-5,8-10,22H,6-7H2,1H3,(H,23,24). The summed E-state index contributed by atoms with van der Waals surface area (Å²) in [4.78, 5) is 26.7. The Balaban J connectivity index is 1.71. The van der Waals surface area contributed by atoms with Crippen LogP contribution in [-0.2, 0) is 16.0 Å². The van der Waals surface area contributed by atoms with E-state index in [0.29, 0.717) is 12.5 Å². The Hall–Kier alpha value is -3.22. The van der Waals surface area contributed by atoms with Gasteiger partial charge in [-0.2, -0.15) is 0 Å². The first-order valence-electron chi connectivity index (χ1n) is 7.92. The van der Waals surface area contributed by atoms with Crippen LogP contribution in [0, 0.1) is 11.6 Å². The molecular weight excluding hydrogens is 342 g/mol. The number of halogens is 2. The summed E-state index contributed by atoms with van der Waals surface area (Å²) in [5, 5.41) is 3.38. The van der Waals surface area contributed by atoms with Crippen LogP contribution in [0.15, 0.2) is 42.6 Å². The van der Waals surface area contributed by atoms with E-state index in [1.165, 1.54) is 0 Å². The second-order valence-corrected chi connectivity index (χ2v) is 5.71. The van der Waals surface area contributed by atoms with Crippen molar-refractivity contribution in [1.82, 2.24) is 4.98 Å². The number of esters is 1. The number of nitrogens with one attached hydrogen (secondary N) is 2. The molecule has 0 saturated carbocycles. The Bertz CT molecular complexity index is 982. The molecule has 0 radical (unpaired) electrons. The van der Waals surface area contributed by atoms with Crippen molar-refractivity contribution in [3.63, 3.8) is 0 Å². The predicted molar refractivity (Wildman–Crippen MR) is 92.9 cm³/mol. The summed E-state index contributed by atoms with van der Waals surface area (Å²) in [5.41, 5.74) is 1.22. The van der Waals surface area contributed by atoms with Gasteiger partial charge in [0, 0.05) is 29.6 Å². The molecule has 1 amide bonds. The zero-order chi connectivity index (χ0) is 18.7. The second kappa shape index (κ2) is 7.35. The fourth-order valence-corrected chi connectivity index (χ4v) is 2.71. The molecule has 0 atom stereocenters. The van der Waals surface area contributed by atoms with Gasteiger partial charge >= 0.3 is 5.97 Å². The fraction of sp³-hybridized carbons (Fsp3) is 0.158. The lowest BCUT2D eigenvalue weighted by atomic mass is 10.1. The molecule has 0 bridgehead atoms. The summed E-state index contributed by atoms with van der Waals surface area (Å²) in [6, 6.07) is 9.16. The normalized spacial score (nSPS) is 10.7. The summed E-state index contributed by atoms with van der Waals surface area (Å²) in [7, 11) is 1.09. The maximum absolute atomic E-state index is 13.9. The van der Waals surface area contributed by atoms with Crippen LogP contribution >= 0.6 is 0 Å². The molecule has 1 heterocycles. The maximum Gasteiger partial charge on any atom is 0.340 e. The zero-order valence-corrected chi connectivity index (χ0v) is 13.9. The number of carbonyl (C=O) groups excluding carboxylic acids is 2. The van der Waals surface area contributed by atoms with Gasteiger partial charge in [-0.25, -0.2) is 13.6 Å². The number of hydrogen-bond donors (Lipinski definition) is 2. The first-order valence-corrected chi connectivity index (χ1v) is 7.92. The highest BCUT2D eigenvalue weighted by atomic mass is 19.1. The van der Waals surface area contributed by atoms with Crippen LogP contribution in [-0.4, -0.2) is 24.0 Å². The Kier molecular flexibility index (Phi) is 4.97. The van der Waals surface area contributed by atoms with Gasteiger partial charge in [-0.05, 0) is 24.1 Å². The Morgan fingerprint density at radius 2 is 1.92 bits per heavy atom. The van der Waals surface area contributed by atoms with Gasteiger partial charge in [-0.15, -0.1) is 0 Å². The van der Waals surface area contributed by atoms with Crippen LogP contribution in [0.2, 0.25) is 0 Å². The highest BCUT2D eigenvalue weighted by molar-refractivity contribution is 5.95. The number of aromatic amines is 1. The minimum absolute atomic E-state index is 0.103. The number of H-pyrrole nitrogens is 1. The number of benzene rings is 2. The average Bonchev–Trinajstić information content (AvgIpc) is 3.05. The number of ether oxygens (including phenoxy) is 1. The topological polar surface area (TPSA) is 71.2 Å². The minimum atomic E-state index is -1.05. The van der Waals surface area contributed by atoms with Crippen LogP contribution in [0.4, 0.5) is 14.5 Å². The molecule has 7 heteroatoms. The molecule has 2 N–H and O–H groups in total. The molecule has 26 heavy (non-hydrogen) atoms. The Morgan fingerprint density at radius 1 is 1.15 bits per heavy atom. The van der Waals surface area contributed by atoms with E-state index in [1.54, 1.807) is 0 Å². The van der Waals surface area contributed by atoms with Crippen molar-refractivity contribution in [2.75, 3.05) is 12.4 Å². The number of aryl methyl sites for hydroxylation is 1. The highest BCUT2D eigenvalue weighted by Crippen LogP contribution is 2.22. The third-order valence-corrected chi connectivity index (χ3v) is 4.03. The Labute approximate surface area is 148 Å². The van der Waals surface area contributed by atoms with E-state index in [2.05, 4.69) is 15.0 Å². The van der Waals surface area contributed by atoms with Gasteiger partial charge in [-0.1, -0.05) is 18.2 Å². The lowest BCUT2D eigenvalue weighted by Gasteiger charge is -2.09. The summed E-state index contributed by atoms with van der Waals surface area (Å²) in [6.45, 7) is 0. The molecule has 3 aromatic rings. The van der Waals surface area contributed by atoms with Crippen molar-refractivity contribution < 1.29 is 23.1 Å². The summed E-state index contributed by atoms with van der Waals surface area (Å²) in [5.74, 6) is -3.41. The molecule has 5 nitrogen and oxygen atoms in total. The minimum Gasteiger partial charge on any atom is -0.465 e. The third-order valence-electron chi connectivity index (χ3n) is 4.03. The first kappa shape index (κ1) is 17.6. The smallest absolute Gasteiger partial charge is 0.340 e. The zero-order valence-electron chi connectivity index (χ0n) is 13.9. The van der Waals surface area contributed by atoms with Crippen molar-refractivity contribution in [2.45, 2.75) is 12.8 Å². The van der Waals surface area contributed by atoms with Crippen LogP contribution in [0.5, 0.6) is 0 Å². The van der Waals surface area contributed by atoms with Gasteiger partial charge in [0.2, 0.25) is 5.91 Å². The number of amides is 1. The molecule has 0 aliphatic rings. The molecule has 2 aromatic carbocycles. The number of anilines is 1. The van der Waals surface area contributed by atoms with Gasteiger partial charge in [-0.3, -0.25) is 4.79 Å². The molecule has 0 fully saturated rings. The van der Waals surface area contributed by atoms with Gasteiger partial charge in [0.15, 0.2) is 0 Å². The molecule has 0 saturated heterocycles. The average molecular weight is 358 g/mol. The molecule has 1 aromatic heterocycles. The van der Waals surface area contributed by atoms with Crippen molar-refractivity contribution in [3.05, 3.63) is 65.4 Å². The van der Waals surface area contributed by atoms with Crippen molar-refractivity contribution in [2.24, 2.45) is 0 Å². The number of hydrogen-bond acceptors (Lipinski definition) is 3.